The van der Waals surface area contributed by atoms with Gasteiger partial charge in [0.1, 0.15) is 0 Å². The van der Waals surface area contributed by atoms with Crippen molar-refractivity contribution in [3.8, 4) is 0 Å². The largest absolute Gasteiger partial charge is 0.285 e. The minimum absolute atomic E-state index is 0.593. The van der Waals surface area contributed by atoms with Crippen LogP contribution in [0.3, 0.4) is 0 Å². The summed E-state index contributed by atoms with van der Waals surface area (Å²) in [6.45, 7) is 1.62. The van der Waals surface area contributed by atoms with Gasteiger partial charge in [0.25, 0.3) is 10.1 Å². The van der Waals surface area contributed by atoms with Gasteiger partial charge in [0.15, 0.2) is 0 Å². The van der Waals surface area contributed by atoms with Crippen molar-refractivity contribution < 1.29 is 13.0 Å². The number of hydrogen-bond donors (Lipinski definition) is 1. The molecule has 0 aliphatic heterocycles. The van der Waals surface area contributed by atoms with Gasteiger partial charge < -0.3 is 0 Å². The average Bonchev–Trinajstić information content (AvgIpc) is 2.30. The van der Waals surface area contributed by atoms with E-state index in [9.17, 15) is 8.42 Å². The van der Waals surface area contributed by atoms with Crippen molar-refractivity contribution in [2.45, 2.75) is 63.5 Å². The van der Waals surface area contributed by atoms with Gasteiger partial charge in [-0.3, -0.25) is 4.55 Å². The van der Waals surface area contributed by atoms with Crippen molar-refractivity contribution in [1.29, 1.82) is 0 Å². The molecule has 4 fully saturated rings. The van der Waals surface area contributed by atoms with Crippen LogP contribution in [0.15, 0.2) is 0 Å². The van der Waals surface area contributed by atoms with E-state index in [-0.39, 0.29) is 0 Å². The van der Waals surface area contributed by atoms with E-state index in [0.717, 1.165) is 36.0 Å². The fourth-order valence-corrected chi connectivity index (χ4v) is 5.76. The molecule has 1 unspecified atom stereocenters. The Labute approximate surface area is 116 Å². The van der Waals surface area contributed by atoms with Gasteiger partial charge >= 0.3 is 0 Å². The summed E-state index contributed by atoms with van der Waals surface area (Å²) < 4.78 is 31.0. The van der Waals surface area contributed by atoms with E-state index in [0.29, 0.717) is 6.42 Å². The molecule has 1 N–H and O–H groups in total. The molecule has 0 amide bonds. The standard InChI is InChI=1S/C15H26O3S/c1-10(19(16,17)18)3-2-4-15-13-6-11-5-12(8-13)9-14(15)7-11/h10-15H,2-9H2,1H3,(H,16,17,18). The van der Waals surface area contributed by atoms with Crippen molar-refractivity contribution in [2.24, 2.45) is 29.6 Å². The van der Waals surface area contributed by atoms with Crippen LogP contribution in [0.5, 0.6) is 0 Å². The Kier molecular flexibility index (Phi) is 3.67. The van der Waals surface area contributed by atoms with Crippen LogP contribution in [0.2, 0.25) is 0 Å². The Hall–Kier alpha value is -0.0900. The van der Waals surface area contributed by atoms with E-state index in [2.05, 4.69) is 0 Å². The van der Waals surface area contributed by atoms with Crippen LogP contribution >= 0.6 is 0 Å². The molecule has 4 aliphatic carbocycles. The summed E-state index contributed by atoms with van der Waals surface area (Å²) in [5, 5.41) is -0.593. The molecule has 4 bridgehead atoms. The molecule has 4 aliphatic rings. The smallest absolute Gasteiger partial charge is 0.267 e. The van der Waals surface area contributed by atoms with Crippen LogP contribution in [0, 0.1) is 29.6 Å². The highest BCUT2D eigenvalue weighted by Crippen LogP contribution is 2.57. The molecule has 0 spiro atoms. The van der Waals surface area contributed by atoms with E-state index in [1.54, 1.807) is 6.92 Å². The van der Waals surface area contributed by atoms with Crippen LogP contribution in [0.25, 0.3) is 0 Å². The lowest BCUT2D eigenvalue weighted by Crippen LogP contribution is -2.45. The van der Waals surface area contributed by atoms with Crippen LogP contribution in [0.1, 0.15) is 58.3 Å². The van der Waals surface area contributed by atoms with Gasteiger partial charge in [0, 0.05) is 0 Å². The second-order valence-electron chi connectivity index (χ2n) is 7.35. The summed E-state index contributed by atoms with van der Waals surface area (Å²) in [6, 6.07) is 0. The fourth-order valence-electron chi connectivity index (χ4n) is 5.30. The van der Waals surface area contributed by atoms with Gasteiger partial charge in [0.05, 0.1) is 5.25 Å². The Bertz CT molecular complexity index is 401. The zero-order valence-electron chi connectivity index (χ0n) is 11.8. The maximum atomic E-state index is 11.0. The predicted octanol–water partition coefficient (Wildman–Crippen LogP) is 3.51. The van der Waals surface area contributed by atoms with Crippen LogP contribution in [-0.4, -0.2) is 18.2 Å². The molecule has 0 aromatic heterocycles. The molecule has 4 heteroatoms. The normalized spacial score (nSPS) is 42.5. The summed E-state index contributed by atoms with van der Waals surface area (Å²) >= 11 is 0. The minimum atomic E-state index is -3.83. The summed E-state index contributed by atoms with van der Waals surface area (Å²) in [4.78, 5) is 0. The molecule has 3 nitrogen and oxygen atoms in total. The monoisotopic (exact) mass is 286 g/mol. The molecule has 110 valence electrons. The van der Waals surface area contributed by atoms with Crippen LogP contribution in [0.4, 0.5) is 0 Å². The van der Waals surface area contributed by atoms with Gasteiger partial charge in [0.2, 0.25) is 0 Å². The molecular formula is C15H26O3S. The van der Waals surface area contributed by atoms with E-state index >= 15 is 0 Å². The Balaban J connectivity index is 1.51. The minimum Gasteiger partial charge on any atom is -0.285 e. The first-order valence-corrected chi connectivity index (χ1v) is 9.40. The van der Waals surface area contributed by atoms with Gasteiger partial charge in [-0.1, -0.05) is 6.42 Å². The highest BCUT2D eigenvalue weighted by Gasteiger charge is 2.47. The number of rotatable bonds is 5. The van der Waals surface area contributed by atoms with Crippen LogP contribution < -0.4 is 0 Å². The summed E-state index contributed by atoms with van der Waals surface area (Å²) in [6.07, 6.45) is 9.97. The molecule has 19 heavy (non-hydrogen) atoms. The molecule has 1 atom stereocenters. The van der Waals surface area contributed by atoms with E-state index in [1.807, 2.05) is 0 Å². The Morgan fingerprint density at radius 1 is 1.05 bits per heavy atom. The first kappa shape index (κ1) is 13.9. The van der Waals surface area contributed by atoms with Crippen molar-refractivity contribution in [3.63, 3.8) is 0 Å². The lowest BCUT2D eigenvalue weighted by atomic mass is 9.51. The lowest BCUT2D eigenvalue weighted by molar-refractivity contribution is -0.0404. The Morgan fingerprint density at radius 2 is 1.58 bits per heavy atom. The third-order valence-electron chi connectivity index (χ3n) is 6.08. The van der Waals surface area contributed by atoms with Gasteiger partial charge in [-0.2, -0.15) is 8.42 Å². The highest BCUT2D eigenvalue weighted by atomic mass is 32.2. The third-order valence-corrected chi connectivity index (χ3v) is 7.33. The molecule has 0 aromatic rings. The van der Waals surface area contributed by atoms with Gasteiger partial charge in [-0.05, 0) is 81.5 Å². The summed E-state index contributed by atoms with van der Waals surface area (Å²) in [7, 11) is -3.83. The maximum absolute atomic E-state index is 11.0. The molecule has 0 radical (unpaired) electrons. The van der Waals surface area contributed by atoms with E-state index in [1.165, 1.54) is 38.5 Å². The fraction of sp³-hybridized carbons (Fsp3) is 1.00. The quantitative estimate of drug-likeness (QED) is 0.787. The molecule has 4 rings (SSSR count). The third kappa shape index (κ3) is 2.85. The predicted molar refractivity (Wildman–Crippen MR) is 75.4 cm³/mol. The summed E-state index contributed by atoms with van der Waals surface area (Å²) in [5.41, 5.74) is 0. The molecule has 0 heterocycles. The average molecular weight is 286 g/mol. The maximum Gasteiger partial charge on any atom is 0.267 e. The zero-order chi connectivity index (χ0) is 13.6. The summed E-state index contributed by atoms with van der Waals surface area (Å²) in [5.74, 6) is 4.72. The second kappa shape index (κ2) is 5.03. The van der Waals surface area contributed by atoms with Crippen molar-refractivity contribution in [3.05, 3.63) is 0 Å². The zero-order valence-corrected chi connectivity index (χ0v) is 12.6. The SMILES string of the molecule is CC(CCCC1C2CC3CC(C2)CC1C3)S(=O)(=O)O. The van der Waals surface area contributed by atoms with Crippen molar-refractivity contribution >= 4 is 10.1 Å². The first-order valence-electron chi connectivity index (χ1n) is 7.89. The second-order valence-corrected chi connectivity index (χ2v) is 9.19. The molecule has 4 saturated carbocycles. The van der Waals surface area contributed by atoms with Gasteiger partial charge in [-0.25, -0.2) is 0 Å². The van der Waals surface area contributed by atoms with E-state index < -0.39 is 15.4 Å². The van der Waals surface area contributed by atoms with Gasteiger partial charge in [-0.15, -0.1) is 0 Å². The molecular weight excluding hydrogens is 260 g/mol. The Morgan fingerprint density at radius 3 is 2.05 bits per heavy atom. The van der Waals surface area contributed by atoms with Crippen molar-refractivity contribution in [2.75, 3.05) is 0 Å². The topological polar surface area (TPSA) is 54.4 Å². The lowest BCUT2D eigenvalue weighted by Gasteiger charge is -2.54. The molecule has 0 saturated heterocycles. The number of hydrogen-bond acceptors (Lipinski definition) is 2. The van der Waals surface area contributed by atoms with E-state index in [4.69, 9.17) is 4.55 Å². The highest BCUT2D eigenvalue weighted by molar-refractivity contribution is 7.86. The van der Waals surface area contributed by atoms with Crippen molar-refractivity contribution in [1.82, 2.24) is 0 Å². The first-order chi connectivity index (χ1) is 8.93. The van der Waals surface area contributed by atoms with Crippen LogP contribution in [-0.2, 0) is 10.1 Å². The molecule has 0 aromatic carbocycles.